The molecule has 0 saturated carbocycles. The third-order valence-electron chi connectivity index (χ3n) is 3.33. The number of carbonyl (C=O) groups excluding carboxylic acids is 1. The van der Waals surface area contributed by atoms with Crippen molar-refractivity contribution in [3.05, 3.63) is 17.5 Å². The lowest BCUT2D eigenvalue weighted by Gasteiger charge is -2.34. The van der Waals surface area contributed by atoms with Gasteiger partial charge in [-0.3, -0.25) is 0 Å². The Morgan fingerprint density at radius 2 is 2.10 bits per heavy atom. The van der Waals surface area contributed by atoms with Gasteiger partial charge in [0.15, 0.2) is 0 Å². The van der Waals surface area contributed by atoms with Crippen LogP contribution < -0.4 is 10.2 Å². The molecule has 2 amide bonds. The summed E-state index contributed by atoms with van der Waals surface area (Å²) >= 11 is 0. The zero-order chi connectivity index (χ0) is 15.2. The minimum atomic E-state index is -0.0145. The highest BCUT2D eigenvalue weighted by atomic mass is 16.2. The summed E-state index contributed by atoms with van der Waals surface area (Å²) in [6.07, 6.45) is 0.930. The lowest BCUT2D eigenvalue weighted by Crippen LogP contribution is -2.52. The van der Waals surface area contributed by atoms with Gasteiger partial charge in [0.05, 0.1) is 0 Å². The number of nitrogens with one attached hydrogen (secondary N) is 1. The predicted molar refractivity (Wildman–Crippen MR) is 79.0 cm³/mol. The van der Waals surface area contributed by atoms with Gasteiger partial charge >= 0.3 is 6.03 Å². The number of hydrogen-bond donors (Lipinski definition) is 1. The van der Waals surface area contributed by atoms with Gasteiger partial charge in [-0.15, -0.1) is 0 Å². The maximum atomic E-state index is 11.9. The van der Waals surface area contributed by atoms with Gasteiger partial charge in [-0.2, -0.15) is 5.26 Å². The molecule has 0 radical (unpaired) electrons. The van der Waals surface area contributed by atoms with E-state index >= 15 is 0 Å². The van der Waals surface area contributed by atoms with Crippen molar-refractivity contribution in [2.75, 3.05) is 37.6 Å². The van der Waals surface area contributed by atoms with Gasteiger partial charge in [-0.05, 0) is 19.4 Å². The highest BCUT2D eigenvalue weighted by molar-refractivity contribution is 5.74. The molecular weight excluding hydrogens is 268 g/mol. The molecule has 0 unspecified atom stereocenters. The summed E-state index contributed by atoms with van der Waals surface area (Å²) in [5, 5.41) is 11.8. The summed E-state index contributed by atoms with van der Waals surface area (Å²) in [5.74, 6) is 0.570. The Labute approximate surface area is 124 Å². The highest BCUT2D eigenvalue weighted by Crippen LogP contribution is 2.13. The third kappa shape index (κ3) is 3.81. The average Bonchev–Trinajstić information content (AvgIpc) is 2.52. The first kappa shape index (κ1) is 15.0. The standard InChI is InChI=1S/C14H20N6O/c1-3-4-16-14(21)20-7-5-19(6-8-20)13-17-11(2)9-12(10-15)18-13/h9H,3-8H2,1-2H3,(H,16,21). The van der Waals surface area contributed by atoms with Crippen molar-refractivity contribution in [1.29, 1.82) is 5.26 Å². The van der Waals surface area contributed by atoms with Crippen molar-refractivity contribution in [3.63, 3.8) is 0 Å². The van der Waals surface area contributed by atoms with E-state index in [9.17, 15) is 4.79 Å². The Morgan fingerprint density at radius 1 is 1.38 bits per heavy atom. The van der Waals surface area contributed by atoms with E-state index in [2.05, 4.69) is 15.3 Å². The fourth-order valence-corrected chi connectivity index (χ4v) is 2.20. The zero-order valence-electron chi connectivity index (χ0n) is 12.5. The van der Waals surface area contributed by atoms with Gasteiger partial charge in [0, 0.05) is 38.4 Å². The van der Waals surface area contributed by atoms with E-state index in [1.165, 1.54) is 0 Å². The number of nitrogens with zero attached hydrogens (tertiary/aromatic N) is 5. The lowest BCUT2D eigenvalue weighted by atomic mass is 10.3. The molecule has 21 heavy (non-hydrogen) atoms. The molecule has 2 rings (SSSR count). The van der Waals surface area contributed by atoms with Crippen LogP contribution in [0.1, 0.15) is 24.7 Å². The molecule has 1 saturated heterocycles. The van der Waals surface area contributed by atoms with E-state index in [1.807, 2.05) is 24.8 Å². The number of urea groups is 1. The Balaban J connectivity index is 1.96. The number of hydrogen-bond acceptors (Lipinski definition) is 5. The molecule has 0 atom stereocenters. The number of aryl methyl sites for hydroxylation is 1. The minimum Gasteiger partial charge on any atom is -0.338 e. The molecule has 1 aromatic heterocycles. The van der Waals surface area contributed by atoms with E-state index in [0.29, 0.717) is 44.4 Å². The number of amides is 2. The molecular formula is C14H20N6O. The summed E-state index contributed by atoms with van der Waals surface area (Å²) < 4.78 is 0. The van der Waals surface area contributed by atoms with Crippen molar-refractivity contribution in [2.24, 2.45) is 0 Å². The molecule has 0 aromatic carbocycles. The van der Waals surface area contributed by atoms with Crippen LogP contribution >= 0.6 is 0 Å². The minimum absolute atomic E-state index is 0.0145. The number of rotatable bonds is 3. The summed E-state index contributed by atoms with van der Waals surface area (Å²) in [7, 11) is 0. The first-order chi connectivity index (χ1) is 10.1. The fraction of sp³-hybridized carbons (Fsp3) is 0.571. The maximum absolute atomic E-state index is 11.9. The Hall–Kier alpha value is -2.36. The molecule has 112 valence electrons. The Bertz CT molecular complexity index is 545. The summed E-state index contributed by atoms with van der Waals surface area (Å²) in [6.45, 7) is 7.19. The van der Waals surface area contributed by atoms with Crippen LogP contribution in [-0.4, -0.2) is 53.6 Å². The molecule has 0 bridgehead atoms. The number of aromatic nitrogens is 2. The molecule has 7 nitrogen and oxygen atoms in total. The highest BCUT2D eigenvalue weighted by Gasteiger charge is 2.22. The van der Waals surface area contributed by atoms with Crippen LogP contribution in [0.4, 0.5) is 10.7 Å². The molecule has 1 aromatic rings. The second kappa shape index (κ2) is 6.88. The molecule has 1 aliphatic heterocycles. The Morgan fingerprint density at radius 3 is 2.71 bits per heavy atom. The molecule has 0 spiro atoms. The van der Waals surface area contributed by atoms with E-state index in [-0.39, 0.29) is 6.03 Å². The van der Waals surface area contributed by atoms with Gasteiger partial charge in [0.25, 0.3) is 0 Å². The molecule has 1 aliphatic rings. The predicted octanol–water partition coefficient (Wildman–Crippen LogP) is 0.898. The van der Waals surface area contributed by atoms with Crippen LogP contribution in [0.3, 0.4) is 0 Å². The van der Waals surface area contributed by atoms with Gasteiger partial charge in [-0.1, -0.05) is 6.92 Å². The van der Waals surface area contributed by atoms with E-state index < -0.39 is 0 Å². The van der Waals surface area contributed by atoms with Crippen LogP contribution in [0.2, 0.25) is 0 Å². The van der Waals surface area contributed by atoms with Crippen LogP contribution in [0.15, 0.2) is 6.07 Å². The zero-order valence-corrected chi connectivity index (χ0v) is 12.5. The summed E-state index contributed by atoms with van der Waals surface area (Å²) in [6, 6.07) is 3.70. The largest absolute Gasteiger partial charge is 0.338 e. The molecule has 0 aliphatic carbocycles. The quantitative estimate of drug-likeness (QED) is 0.893. The monoisotopic (exact) mass is 288 g/mol. The maximum Gasteiger partial charge on any atom is 0.317 e. The van der Waals surface area contributed by atoms with Crippen molar-refractivity contribution in [3.8, 4) is 6.07 Å². The SMILES string of the molecule is CCCNC(=O)N1CCN(c2nc(C)cc(C#N)n2)CC1. The second-order valence-electron chi connectivity index (χ2n) is 5.01. The smallest absolute Gasteiger partial charge is 0.317 e. The van der Waals surface area contributed by atoms with Gasteiger partial charge < -0.3 is 15.1 Å². The normalized spacial score (nSPS) is 14.7. The first-order valence-corrected chi connectivity index (χ1v) is 7.17. The van der Waals surface area contributed by atoms with Crippen molar-refractivity contribution >= 4 is 12.0 Å². The summed E-state index contributed by atoms with van der Waals surface area (Å²) in [4.78, 5) is 24.3. The van der Waals surface area contributed by atoms with Gasteiger partial charge in [-0.25, -0.2) is 14.8 Å². The van der Waals surface area contributed by atoms with Crippen molar-refractivity contribution in [2.45, 2.75) is 20.3 Å². The van der Waals surface area contributed by atoms with Crippen molar-refractivity contribution in [1.82, 2.24) is 20.2 Å². The van der Waals surface area contributed by atoms with Crippen molar-refractivity contribution < 1.29 is 4.79 Å². The van der Waals surface area contributed by atoms with Gasteiger partial charge in [0.1, 0.15) is 11.8 Å². The molecule has 1 N–H and O–H groups in total. The fourth-order valence-electron chi connectivity index (χ4n) is 2.20. The van der Waals surface area contributed by atoms with E-state index in [4.69, 9.17) is 5.26 Å². The number of anilines is 1. The molecule has 7 heteroatoms. The third-order valence-corrected chi connectivity index (χ3v) is 3.33. The second-order valence-corrected chi connectivity index (χ2v) is 5.01. The van der Waals surface area contributed by atoms with Crippen LogP contribution in [0.25, 0.3) is 0 Å². The van der Waals surface area contributed by atoms with E-state index in [1.54, 1.807) is 11.0 Å². The summed E-state index contributed by atoms with van der Waals surface area (Å²) in [5.41, 5.74) is 1.15. The lowest BCUT2D eigenvalue weighted by molar-refractivity contribution is 0.194. The first-order valence-electron chi connectivity index (χ1n) is 7.17. The van der Waals surface area contributed by atoms with Crippen LogP contribution in [0.5, 0.6) is 0 Å². The van der Waals surface area contributed by atoms with E-state index in [0.717, 1.165) is 12.1 Å². The Kier molecular flexibility index (Phi) is 4.93. The average molecular weight is 288 g/mol. The number of nitriles is 1. The van der Waals surface area contributed by atoms with Gasteiger partial charge in [0.2, 0.25) is 5.95 Å². The topological polar surface area (TPSA) is 85.2 Å². The number of piperazine rings is 1. The molecule has 2 heterocycles. The van der Waals surface area contributed by atoms with Crippen LogP contribution in [0, 0.1) is 18.3 Å². The molecule has 1 fully saturated rings. The van der Waals surface area contributed by atoms with Crippen LogP contribution in [-0.2, 0) is 0 Å². The number of carbonyl (C=O) groups is 1.